The molecule has 0 aromatic heterocycles. The Morgan fingerprint density at radius 2 is 2.05 bits per heavy atom. The monoisotopic (exact) mass is 261 g/mol. The van der Waals surface area contributed by atoms with Gasteiger partial charge < -0.3 is 10.8 Å². The maximum absolute atomic E-state index is 10.8. The molecule has 19 heavy (non-hydrogen) atoms. The van der Waals surface area contributed by atoms with Crippen molar-refractivity contribution < 1.29 is 9.90 Å². The van der Waals surface area contributed by atoms with Crippen LogP contribution in [0.2, 0.25) is 0 Å². The lowest BCUT2D eigenvalue weighted by Crippen LogP contribution is -2.24. The third-order valence-electron chi connectivity index (χ3n) is 3.95. The van der Waals surface area contributed by atoms with Crippen LogP contribution >= 0.6 is 0 Å². The van der Waals surface area contributed by atoms with Gasteiger partial charge in [-0.2, -0.15) is 0 Å². The van der Waals surface area contributed by atoms with Crippen molar-refractivity contribution in [2.75, 3.05) is 0 Å². The molecule has 3 N–H and O–H groups in total. The van der Waals surface area contributed by atoms with Gasteiger partial charge in [0.05, 0.1) is 6.42 Å². The van der Waals surface area contributed by atoms with Gasteiger partial charge >= 0.3 is 5.97 Å². The summed E-state index contributed by atoms with van der Waals surface area (Å²) in [6.07, 6.45) is 4.41. The van der Waals surface area contributed by atoms with Crippen molar-refractivity contribution in [1.82, 2.24) is 0 Å². The van der Waals surface area contributed by atoms with Crippen LogP contribution in [0.4, 0.5) is 0 Å². The average Bonchev–Trinajstić information content (AvgIpc) is 2.72. The minimum absolute atomic E-state index is 0.0831. The zero-order valence-corrected chi connectivity index (χ0v) is 11.8. The van der Waals surface area contributed by atoms with Gasteiger partial charge in [-0.15, -0.1) is 0 Å². The number of aliphatic carboxylic acids is 1. The van der Waals surface area contributed by atoms with E-state index in [-0.39, 0.29) is 17.9 Å². The van der Waals surface area contributed by atoms with Gasteiger partial charge in [0.1, 0.15) is 0 Å². The summed E-state index contributed by atoms with van der Waals surface area (Å²) in [6, 6.07) is 6.41. The normalized spacial score (nSPS) is 16.2. The van der Waals surface area contributed by atoms with Crippen LogP contribution in [0.5, 0.6) is 0 Å². The smallest absolute Gasteiger partial charge is 0.303 e. The van der Waals surface area contributed by atoms with Crippen LogP contribution in [0.25, 0.3) is 0 Å². The topological polar surface area (TPSA) is 63.3 Å². The van der Waals surface area contributed by atoms with Crippen LogP contribution in [0, 0.1) is 5.41 Å². The summed E-state index contributed by atoms with van der Waals surface area (Å²) >= 11 is 0. The highest BCUT2D eigenvalue weighted by Crippen LogP contribution is 2.33. The number of fused-ring (bicyclic) bond motifs is 1. The first kappa shape index (κ1) is 14.1. The first-order valence-electron chi connectivity index (χ1n) is 6.96. The summed E-state index contributed by atoms with van der Waals surface area (Å²) in [4.78, 5) is 10.8. The number of rotatable bonds is 5. The van der Waals surface area contributed by atoms with E-state index in [0.29, 0.717) is 6.42 Å². The molecule has 3 heteroatoms. The Labute approximate surface area is 114 Å². The molecule has 0 aliphatic heterocycles. The molecule has 1 aromatic carbocycles. The Hall–Kier alpha value is -1.35. The zero-order valence-electron chi connectivity index (χ0n) is 11.8. The van der Waals surface area contributed by atoms with Gasteiger partial charge in [0.2, 0.25) is 0 Å². The highest BCUT2D eigenvalue weighted by atomic mass is 16.4. The second-order valence-electron chi connectivity index (χ2n) is 6.43. The van der Waals surface area contributed by atoms with Crippen molar-refractivity contribution in [3.05, 3.63) is 34.9 Å². The van der Waals surface area contributed by atoms with E-state index in [0.717, 1.165) is 12.0 Å². The van der Waals surface area contributed by atoms with Crippen molar-refractivity contribution >= 4 is 5.97 Å². The number of carbonyl (C=O) groups is 1. The Balaban J connectivity index is 2.07. The lowest BCUT2D eigenvalue weighted by atomic mass is 9.81. The van der Waals surface area contributed by atoms with Gasteiger partial charge in [0.25, 0.3) is 0 Å². The fraction of sp³-hybridized carbons (Fsp3) is 0.562. The summed E-state index contributed by atoms with van der Waals surface area (Å²) in [5, 5.41) is 8.92. The second kappa shape index (κ2) is 5.33. The molecule has 0 heterocycles. The lowest BCUT2D eigenvalue weighted by Gasteiger charge is -2.26. The molecule has 1 aliphatic carbocycles. The Morgan fingerprint density at radius 3 is 2.74 bits per heavy atom. The number of carboxylic acids is 1. The zero-order chi connectivity index (χ0) is 14.0. The standard InChI is InChI=1S/C16H23NO2/c1-16(2,10-15(18)19)9-14(17)13-7-6-11-4-3-5-12(11)8-13/h6-8,14H,3-5,9-10,17H2,1-2H3,(H,18,19). The number of hydrogen-bond donors (Lipinski definition) is 2. The fourth-order valence-electron chi connectivity index (χ4n) is 3.02. The van der Waals surface area contributed by atoms with Crippen molar-refractivity contribution in [2.45, 2.75) is 52.0 Å². The van der Waals surface area contributed by atoms with Crippen LogP contribution < -0.4 is 5.73 Å². The molecule has 0 spiro atoms. The fourth-order valence-corrected chi connectivity index (χ4v) is 3.02. The summed E-state index contributed by atoms with van der Waals surface area (Å²) < 4.78 is 0. The quantitative estimate of drug-likeness (QED) is 0.856. The van der Waals surface area contributed by atoms with Crippen molar-refractivity contribution in [3.8, 4) is 0 Å². The maximum Gasteiger partial charge on any atom is 0.303 e. The number of hydrogen-bond acceptors (Lipinski definition) is 2. The molecule has 1 atom stereocenters. The van der Waals surface area contributed by atoms with E-state index in [1.165, 1.54) is 24.0 Å². The predicted molar refractivity (Wildman–Crippen MR) is 76.0 cm³/mol. The van der Waals surface area contributed by atoms with Gasteiger partial charge in [-0.3, -0.25) is 4.79 Å². The van der Waals surface area contributed by atoms with E-state index in [1.54, 1.807) is 0 Å². The summed E-state index contributed by atoms with van der Waals surface area (Å²) in [7, 11) is 0. The maximum atomic E-state index is 10.8. The van der Waals surface area contributed by atoms with Crippen molar-refractivity contribution in [2.24, 2.45) is 11.1 Å². The molecule has 0 fully saturated rings. The number of aryl methyl sites for hydroxylation is 2. The predicted octanol–water partition coefficient (Wildman–Crippen LogP) is 3.07. The highest BCUT2D eigenvalue weighted by Gasteiger charge is 2.25. The molecule has 0 saturated heterocycles. The molecule has 3 nitrogen and oxygen atoms in total. The molecule has 1 aromatic rings. The number of benzene rings is 1. The minimum Gasteiger partial charge on any atom is -0.481 e. The molecule has 2 rings (SSSR count). The van der Waals surface area contributed by atoms with Gasteiger partial charge in [-0.1, -0.05) is 32.0 Å². The van der Waals surface area contributed by atoms with Gasteiger partial charge in [-0.25, -0.2) is 0 Å². The second-order valence-corrected chi connectivity index (χ2v) is 6.43. The largest absolute Gasteiger partial charge is 0.481 e. The molecule has 104 valence electrons. The first-order valence-corrected chi connectivity index (χ1v) is 6.96. The SMILES string of the molecule is CC(C)(CC(=O)O)CC(N)c1ccc2c(c1)CCC2. The average molecular weight is 261 g/mol. The Morgan fingerprint density at radius 1 is 1.37 bits per heavy atom. The van der Waals surface area contributed by atoms with E-state index in [9.17, 15) is 4.79 Å². The summed E-state index contributed by atoms with van der Waals surface area (Å²) in [5.41, 5.74) is 9.99. The molecule has 0 amide bonds. The summed E-state index contributed by atoms with van der Waals surface area (Å²) in [5.74, 6) is -0.758. The highest BCUT2D eigenvalue weighted by molar-refractivity contribution is 5.67. The van der Waals surface area contributed by atoms with Gasteiger partial charge in [0, 0.05) is 6.04 Å². The summed E-state index contributed by atoms with van der Waals surface area (Å²) in [6.45, 7) is 3.93. The first-order chi connectivity index (χ1) is 8.87. The third kappa shape index (κ3) is 3.57. The van der Waals surface area contributed by atoms with E-state index < -0.39 is 5.97 Å². The van der Waals surface area contributed by atoms with Crippen LogP contribution in [0.3, 0.4) is 0 Å². The Kier molecular flexibility index (Phi) is 3.95. The molecule has 1 aliphatic rings. The van der Waals surface area contributed by atoms with Crippen LogP contribution in [-0.2, 0) is 17.6 Å². The number of nitrogens with two attached hydrogens (primary N) is 1. The van der Waals surface area contributed by atoms with E-state index >= 15 is 0 Å². The molecular weight excluding hydrogens is 238 g/mol. The van der Waals surface area contributed by atoms with Crippen molar-refractivity contribution in [3.63, 3.8) is 0 Å². The lowest BCUT2D eigenvalue weighted by molar-refractivity contribution is -0.139. The molecule has 0 radical (unpaired) electrons. The Bertz CT molecular complexity index is 480. The van der Waals surface area contributed by atoms with Crippen LogP contribution in [0.15, 0.2) is 18.2 Å². The van der Waals surface area contributed by atoms with Crippen LogP contribution in [0.1, 0.15) is 55.8 Å². The molecule has 0 bridgehead atoms. The minimum atomic E-state index is -0.758. The third-order valence-corrected chi connectivity index (χ3v) is 3.95. The van der Waals surface area contributed by atoms with Crippen molar-refractivity contribution in [1.29, 1.82) is 0 Å². The van der Waals surface area contributed by atoms with E-state index in [4.69, 9.17) is 10.8 Å². The van der Waals surface area contributed by atoms with E-state index in [2.05, 4.69) is 18.2 Å². The van der Waals surface area contributed by atoms with Gasteiger partial charge in [0.15, 0.2) is 0 Å². The van der Waals surface area contributed by atoms with Gasteiger partial charge in [-0.05, 0) is 47.8 Å². The van der Waals surface area contributed by atoms with E-state index in [1.807, 2.05) is 13.8 Å². The molecule has 1 unspecified atom stereocenters. The van der Waals surface area contributed by atoms with Crippen LogP contribution in [-0.4, -0.2) is 11.1 Å². The molecular formula is C16H23NO2. The molecule has 0 saturated carbocycles. The number of carboxylic acid groups (broad SMARTS) is 1.